The Morgan fingerprint density at radius 1 is 2.00 bits per heavy atom. The minimum absolute atomic E-state index is 0.888. The molecule has 36 valence electrons. The molecule has 0 aromatic carbocycles. The van der Waals surface area contributed by atoms with Gasteiger partial charge in [-0.2, -0.15) is 0 Å². The smallest absolute Gasteiger partial charge is 0.0521 e. The lowest BCUT2D eigenvalue weighted by Crippen LogP contribution is -1.49. The van der Waals surface area contributed by atoms with Crippen LogP contribution in [0.5, 0.6) is 0 Å². The molecule has 0 saturated carbocycles. The molecule has 0 radical (unpaired) electrons. The molecule has 0 aromatic heterocycles. The van der Waals surface area contributed by atoms with Crippen molar-refractivity contribution in [2.75, 3.05) is 5.75 Å². The Morgan fingerprint density at radius 2 is 2.50 bits per heavy atom. The normalized spacial score (nSPS) is 11.3. The zero-order valence-corrected chi connectivity index (χ0v) is 6.02. The highest BCUT2D eigenvalue weighted by Gasteiger charge is 2.04. The van der Waals surface area contributed by atoms with Crippen molar-refractivity contribution < 1.29 is 4.57 Å². The molecular weight excluding hydrogens is 135 g/mol. The van der Waals surface area contributed by atoms with E-state index in [0.29, 0.717) is 0 Å². The van der Waals surface area contributed by atoms with E-state index in [1.54, 1.807) is 0 Å². The van der Waals surface area contributed by atoms with Crippen molar-refractivity contribution in [2.45, 2.75) is 6.92 Å². The first kappa shape index (κ1) is 6.80. The van der Waals surface area contributed by atoms with Gasteiger partial charge in [-0.1, -0.05) is 6.92 Å². The largest absolute Gasteiger partial charge is 0.480 e. The highest BCUT2D eigenvalue weighted by atomic mass is 33.1. The van der Waals surface area contributed by atoms with Gasteiger partial charge >= 0.3 is 6.20 Å². The number of hydrogen-bond acceptors (Lipinski definition) is 2. The average Bonchev–Trinajstić information content (AvgIpc) is 1.35. The van der Waals surface area contributed by atoms with Gasteiger partial charge in [-0.05, 0) is 4.57 Å². The van der Waals surface area contributed by atoms with E-state index in [1.807, 2.05) is 6.92 Å². The standard InChI is InChI=1S/C2H5OPS2/c1-2-6-4(3)5/h2H2,1H3/p+1. The topological polar surface area (TPSA) is 17.1 Å². The van der Waals surface area contributed by atoms with Gasteiger partial charge in [0.2, 0.25) is 0 Å². The first-order chi connectivity index (χ1) is 2.77. The van der Waals surface area contributed by atoms with Crippen LogP contribution < -0.4 is 0 Å². The van der Waals surface area contributed by atoms with Gasteiger partial charge in [0.25, 0.3) is 0 Å². The lowest BCUT2D eigenvalue weighted by atomic mass is 11.0. The van der Waals surface area contributed by atoms with Crippen molar-refractivity contribution in [2.24, 2.45) is 0 Å². The molecule has 0 amide bonds. The van der Waals surface area contributed by atoms with Crippen LogP contribution >= 0.6 is 29.8 Å². The predicted molar refractivity (Wildman–Crippen MR) is 34.7 cm³/mol. The minimum Gasteiger partial charge on any atom is -0.0521 e. The van der Waals surface area contributed by atoms with Gasteiger partial charge in [-0.25, -0.2) is 0 Å². The van der Waals surface area contributed by atoms with Crippen molar-refractivity contribution >= 4 is 29.8 Å². The second-order valence-electron chi connectivity index (χ2n) is 0.656. The van der Waals surface area contributed by atoms with Gasteiger partial charge in [0.15, 0.2) is 0 Å². The quantitative estimate of drug-likeness (QED) is 0.469. The van der Waals surface area contributed by atoms with Crippen molar-refractivity contribution in [3.63, 3.8) is 0 Å². The van der Waals surface area contributed by atoms with Gasteiger partial charge in [0, 0.05) is 5.75 Å². The van der Waals surface area contributed by atoms with E-state index >= 15 is 0 Å². The first-order valence-corrected chi connectivity index (χ1v) is 5.56. The summed E-state index contributed by atoms with van der Waals surface area (Å²) in [7, 11) is 0. The third-order valence-corrected chi connectivity index (χ3v) is 3.20. The summed E-state index contributed by atoms with van der Waals surface area (Å²) in [5, 5.41) is 0. The Balaban J connectivity index is 2.83. The van der Waals surface area contributed by atoms with Crippen molar-refractivity contribution in [1.29, 1.82) is 0 Å². The number of thiol groups is 1. The lowest BCUT2D eigenvalue weighted by molar-refractivity contribution is 0.603. The van der Waals surface area contributed by atoms with E-state index < -0.39 is 6.20 Å². The molecular formula is C2H6OPS2+. The summed E-state index contributed by atoms with van der Waals surface area (Å²) in [6, 6.07) is 0. The third-order valence-electron chi connectivity index (χ3n) is 0.240. The molecule has 0 bridgehead atoms. The van der Waals surface area contributed by atoms with Crippen LogP contribution in [0, 0.1) is 0 Å². The zero-order valence-electron chi connectivity index (χ0n) is 3.42. The van der Waals surface area contributed by atoms with Gasteiger partial charge in [0.05, 0.1) is 0 Å². The summed E-state index contributed by atoms with van der Waals surface area (Å²) in [5.41, 5.74) is 0. The predicted octanol–water partition coefficient (Wildman–Crippen LogP) is 2.33. The number of hydrogen-bond donors (Lipinski definition) is 1. The summed E-state index contributed by atoms with van der Waals surface area (Å²) < 4.78 is 10.0. The van der Waals surface area contributed by atoms with Crippen LogP contribution in [0.25, 0.3) is 0 Å². The van der Waals surface area contributed by atoms with Crippen LogP contribution in [-0.4, -0.2) is 5.75 Å². The molecule has 0 heterocycles. The molecule has 0 fully saturated rings. The molecule has 0 N–H and O–H groups in total. The molecule has 0 aliphatic rings. The molecule has 0 aromatic rings. The Kier molecular flexibility index (Phi) is 4.50. The van der Waals surface area contributed by atoms with Crippen LogP contribution in [-0.2, 0) is 4.57 Å². The fraction of sp³-hybridized carbons (Fsp3) is 1.00. The van der Waals surface area contributed by atoms with Crippen LogP contribution in [0.2, 0.25) is 0 Å². The van der Waals surface area contributed by atoms with Crippen LogP contribution in [0.3, 0.4) is 0 Å². The second-order valence-corrected chi connectivity index (χ2v) is 5.64. The Labute approximate surface area is 47.6 Å². The van der Waals surface area contributed by atoms with E-state index in [4.69, 9.17) is 0 Å². The average molecular weight is 141 g/mol. The summed E-state index contributed by atoms with van der Waals surface area (Å²) in [4.78, 5) is 0. The maximum Gasteiger partial charge on any atom is 0.480 e. The lowest BCUT2D eigenvalue weighted by Gasteiger charge is -1.63. The van der Waals surface area contributed by atoms with Gasteiger partial charge in [-0.15, -0.1) is 0 Å². The van der Waals surface area contributed by atoms with Crippen LogP contribution in [0.15, 0.2) is 0 Å². The molecule has 1 unspecified atom stereocenters. The fourth-order valence-electron chi connectivity index (χ4n) is 0.110. The van der Waals surface area contributed by atoms with Gasteiger partial charge < -0.3 is 0 Å². The molecule has 1 atom stereocenters. The van der Waals surface area contributed by atoms with Crippen LogP contribution in [0.4, 0.5) is 0 Å². The second kappa shape index (κ2) is 3.97. The highest BCUT2D eigenvalue weighted by Crippen LogP contribution is 2.40. The molecule has 1 nitrogen and oxygen atoms in total. The van der Waals surface area contributed by atoms with E-state index in [-0.39, 0.29) is 0 Å². The first-order valence-electron chi connectivity index (χ1n) is 1.56. The molecule has 0 aliphatic carbocycles. The van der Waals surface area contributed by atoms with Crippen molar-refractivity contribution in [3.05, 3.63) is 0 Å². The summed E-state index contributed by atoms with van der Waals surface area (Å²) in [5.74, 6) is 0.888. The SMILES string of the molecule is CCS[P+](=O)S. The molecule has 4 heteroatoms. The molecule has 0 spiro atoms. The van der Waals surface area contributed by atoms with Crippen LogP contribution in [0.1, 0.15) is 6.92 Å². The maximum atomic E-state index is 10.0. The Bertz CT molecular complexity index is 55.5. The molecule has 0 aliphatic heterocycles. The van der Waals surface area contributed by atoms with Crippen molar-refractivity contribution in [1.82, 2.24) is 0 Å². The molecule has 6 heavy (non-hydrogen) atoms. The number of rotatable bonds is 2. The fourth-order valence-corrected chi connectivity index (χ4v) is 2.03. The Hall–Kier alpha value is 0.800. The molecule has 0 saturated heterocycles. The summed E-state index contributed by atoms with van der Waals surface area (Å²) >= 11 is 5.01. The minimum atomic E-state index is -1.24. The summed E-state index contributed by atoms with van der Waals surface area (Å²) in [6.07, 6.45) is -1.24. The van der Waals surface area contributed by atoms with Gasteiger partial charge in [0.1, 0.15) is 23.6 Å². The van der Waals surface area contributed by atoms with E-state index in [1.165, 1.54) is 11.4 Å². The molecule has 0 rings (SSSR count). The van der Waals surface area contributed by atoms with E-state index in [9.17, 15) is 4.57 Å². The van der Waals surface area contributed by atoms with E-state index in [0.717, 1.165) is 5.75 Å². The summed E-state index contributed by atoms with van der Waals surface area (Å²) in [6.45, 7) is 1.95. The third kappa shape index (κ3) is 4.80. The van der Waals surface area contributed by atoms with Crippen molar-refractivity contribution in [3.8, 4) is 0 Å². The van der Waals surface area contributed by atoms with Gasteiger partial charge in [-0.3, -0.25) is 0 Å². The maximum absolute atomic E-state index is 10.0. The highest BCUT2D eigenvalue weighted by molar-refractivity contribution is 8.79. The van der Waals surface area contributed by atoms with E-state index in [2.05, 4.69) is 12.2 Å². The monoisotopic (exact) mass is 141 g/mol. The Morgan fingerprint density at radius 3 is 2.50 bits per heavy atom. The zero-order chi connectivity index (χ0) is 4.99.